The number of aromatic nitrogens is 1. The highest BCUT2D eigenvalue weighted by molar-refractivity contribution is 6.31. The van der Waals surface area contributed by atoms with Crippen molar-refractivity contribution in [3.8, 4) is 11.1 Å². The second-order valence-corrected chi connectivity index (χ2v) is 8.07. The third kappa shape index (κ3) is 4.09. The van der Waals surface area contributed by atoms with E-state index in [9.17, 15) is 9.18 Å². The molecule has 1 aliphatic heterocycles. The molecule has 0 saturated heterocycles. The number of benzene rings is 2. The van der Waals surface area contributed by atoms with Gasteiger partial charge in [-0.2, -0.15) is 0 Å². The minimum absolute atomic E-state index is 0.122. The summed E-state index contributed by atoms with van der Waals surface area (Å²) >= 11 is 6.26. The van der Waals surface area contributed by atoms with Crippen LogP contribution in [0.4, 0.5) is 40.8 Å². The van der Waals surface area contributed by atoms with E-state index in [1.54, 1.807) is 20.0 Å². The summed E-state index contributed by atoms with van der Waals surface area (Å²) < 4.78 is 44.8. The number of nitrogens with one attached hydrogen (secondary N) is 2. The van der Waals surface area contributed by atoms with Crippen molar-refractivity contribution in [2.75, 3.05) is 42.3 Å². The number of likely N-dealkylation sites (N-methyl/N-ethyl adjacent to an activating group) is 1. The SMILES string of the molecule is CNCCNc1cc(F)c(N2C(=O)N(C)c3ncc(F)cc3-c3c(C)cc(Cl)cc32)c(F)c1. The zero-order valence-electron chi connectivity index (χ0n) is 18.1. The van der Waals surface area contributed by atoms with Gasteiger partial charge >= 0.3 is 6.03 Å². The zero-order valence-corrected chi connectivity index (χ0v) is 18.9. The Morgan fingerprint density at radius 1 is 1.06 bits per heavy atom. The van der Waals surface area contributed by atoms with Crippen molar-refractivity contribution in [2.24, 2.45) is 0 Å². The van der Waals surface area contributed by atoms with Crippen LogP contribution in [0.3, 0.4) is 0 Å². The molecule has 0 aliphatic carbocycles. The smallest absolute Gasteiger partial charge is 0.334 e. The topological polar surface area (TPSA) is 60.5 Å². The average molecular weight is 476 g/mol. The van der Waals surface area contributed by atoms with E-state index in [0.29, 0.717) is 29.8 Å². The number of carbonyl (C=O) groups is 1. The second-order valence-electron chi connectivity index (χ2n) is 7.64. The predicted molar refractivity (Wildman–Crippen MR) is 124 cm³/mol. The molecule has 172 valence electrons. The van der Waals surface area contributed by atoms with E-state index in [1.807, 2.05) is 0 Å². The number of urea groups is 1. The van der Waals surface area contributed by atoms with Gasteiger partial charge in [0.05, 0.1) is 11.9 Å². The molecular weight excluding hydrogens is 455 g/mol. The molecule has 4 rings (SSSR count). The summed E-state index contributed by atoms with van der Waals surface area (Å²) in [6.45, 7) is 2.76. The maximum atomic E-state index is 15.3. The lowest BCUT2D eigenvalue weighted by molar-refractivity contribution is 0.254. The number of rotatable bonds is 5. The Balaban J connectivity index is 1.95. The van der Waals surface area contributed by atoms with Crippen LogP contribution < -0.4 is 20.4 Å². The van der Waals surface area contributed by atoms with E-state index in [4.69, 9.17) is 11.6 Å². The Hall–Kier alpha value is -3.30. The lowest BCUT2D eigenvalue weighted by Crippen LogP contribution is -2.39. The minimum Gasteiger partial charge on any atom is -0.384 e. The molecule has 0 atom stereocenters. The number of pyridine rings is 1. The maximum Gasteiger partial charge on any atom is 0.334 e. The first-order valence-electron chi connectivity index (χ1n) is 10.1. The molecule has 10 heteroatoms. The third-order valence-corrected chi connectivity index (χ3v) is 5.58. The lowest BCUT2D eigenvalue weighted by atomic mass is 9.98. The molecule has 2 amide bonds. The Morgan fingerprint density at radius 2 is 1.76 bits per heavy atom. The molecule has 1 aliphatic rings. The molecule has 0 radical (unpaired) electrons. The van der Waals surface area contributed by atoms with E-state index in [-0.39, 0.29) is 22.2 Å². The number of carbonyl (C=O) groups excluding carboxylic acids is 1. The van der Waals surface area contributed by atoms with Crippen LogP contribution in [0, 0.1) is 24.4 Å². The van der Waals surface area contributed by atoms with Crippen LogP contribution in [-0.4, -0.2) is 38.2 Å². The third-order valence-electron chi connectivity index (χ3n) is 5.36. The number of halogens is 4. The fourth-order valence-electron chi connectivity index (χ4n) is 3.91. The highest BCUT2D eigenvalue weighted by Crippen LogP contribution is 2.47. The highest BCUT2D eigenvalue weighted by atomic mass is 35.5. The summed E-state index contributed by atoms with van der Waals surface area (Å²) in [7, 11) is 3.17. The first-order chi connectivity index (χ1) is 15.7. The van der Waals surface area contributed by atoms with Gasteiger partial charge in [-0.3, -0.25) is 9.80 Å². The van der Waals surface area contributed by atoms with Gasteiger partial charge in [-0.15, -0.1) is 0 Å². The van der Waals surface area contributed by atoms with E-state index < -0.39 is 29.2 Å². The van der Waals surface area contributed by atoms with E-state index in [2.05, 4.69) is 15.6 Å². The summed E-state index contributed by atoms with van der Waals surface area (Å²) in [4.78, 5) is 19.6. The highest BCUT2D eigenvalue weighted by Gasteiger charge is 2.36. The van der Waals surface area contributed by atoms with E-state index >= 15 is 8.78 Å². The van der Waals surface area contributed by atoms with Crippen molar-refractivity contribution < 1.29 is 18.0 Å². The quantitative estimate of drug-likeness (QED) is 0.481. The molecule has 0 spiro atoms. The predicted octanol–water partition coefficient (Wildman–Crippen LogP) is 5.47. The Labute approximate surface area is 194 Å². The van der Waals surface area contributed by atoms with Crippen molar-refractivity contribution in [1.82, 2.24) is 10.3 Å². The minimum atomic E-state index is -0.947. The fourth-order valence-corrected chi connectivity index (χ4v) is 4.18. The number of fused-ring (bicyclic) bond motifs is 3. The molecule has 0 fully saturated rings. The number of hydrogen-bond acceptors (Lipinski definition) is 4. The van der Waals surface area contributed by atoms with Crippen molar-refractivity contribution >= 4 is 40.5 Å². The Morgan fingerprint density at radius 3 is 2.42 bits per heavy atom. The molecule has 2 N–H and O–H groups in total. The molecule has 0 bridgehead atoms. The van der Waals surface area contributed by atoms with Gasteiger partial charge in [-0.25, -0.2) is 22.9 Å². The monoisotopic (exact) mass is 475 g/mol. The van der Waals surface area contributed by atoms with Crippen molar-refractivity contribution in [3.63, 3.8) is 0 Å². The number of nitrogens with zero attached hydrogens (tertiary/aromatic N) is 3. The van der Waals surface area contributed by atoms with Gasteiger partial charge in [0.1, 0.15) is 17.3 Å². The molecule has 2 heterocycles. The van der Waals surface area contributed by atoms with Crippen LogP contribution in [0.1, 0.15) is 5.56 Å². The summed E-state index contributed by atoms with van der Waals surface area (Å²) in [5, 5.41) is 6.10. The molecule has 2 aromatic carbocycles. The molecule has 6 nitrogen and oxygen atoms in total. The standard InChI is InChI=1S/C23H21ClF3N5O/c1-12-6-13(24)7-19-20(12)16-8-14(25)11-30-22(16)31(3)23(33)32(19)21-17(26)9-15(10-18(21)27)29-5-4-28-2/h6-11,28-29H,4-5H2,1-3H3. The number of hydrogen-bond donors (Lipinski definition) is 2. The second kappa shape index (κ2) is 8.92. The van der Waals surface area contributed by atoms with Crippen LogP contribution in [0.5, 0.6) is 0 Å². The van der Waals surface area contributed by atoms with Crippen molar-refractivity contribution in [3.05, 3.63) is 64.6 Å². The van der Waals surface area contributed by atoms with Crippen molar-refractivity contribution in [1.29, 1.82) is 0 Å². The molecule has 3 aromatic rings. The Kier molecular flexibility index (Phi) is 6.18. The molecule has 0 unspecified atom stereocenters. The first kappa shape index (κ1) is 22.9. The lowest BCUT2D eigenvalue weighted by Gasteiger charge is -2.27. The van der Waals surface area contributed by atoms with E-state index in [0.717, 1.165) is 28.1 Å². The van der Waals surface area contributed by atoms with Gasteiger partial charge in [0.25, 0.3) is 0 Å². The first-order valence-corrected chi connectivity index (χ1v) is 10.5. The van der Waals surface area contributed by atoms with Gasteiger partial charge in [0.15, 0.2) is 11.6 Å². The molecule has 0 saturated carbocycles. The van der Waals surface area contributed by atoms with Crippen LogP contribution in [-0.2, 0) is 0 Å². The van der Waals surface area contributed by atoms with Crippen LogP contribution in [0.15, 0.2) is 36.5 Å². The molecule has 33 heavy (non-hydrogen) atoms. The van der Waals surface area contributed by atoms with E-state index in [1.165, 1.54) is 19.2 Å². The number of anilines is 4. The van der Waals surface area contributed by atoms with Gasteiger partial charge in [0, 0.05) is 42.0 Å². The van der Waals surface area contributed by atoms with Gasteiger partial charge in [-0.05, 0) is 49.9 Å². The molecule has 1 aromatic heterocycles. The van der Waals surface area contributed by atoms with Crippen LogP contribution in [0.25, 0.3) is 11.1 Å². The largest absolute Gasteiger partial charge is 0.384 e. The summed E-state index contributed by atoms with van der Waals surface area (Å²) in [5.74, 6) is -2.35. The number of amides is 2. The average Bonchev–Trinajstić information content (AvgIpc) is 2.82. The van der Waals surface area contributed by atoms with Gasteiger partial charge in [0.2, 0.25) is 0 Å². The Bertz CT molecular complexity index is 1230. The van der Waals surface area contributed by atoms with Crippen LogP contribution >= 0.6 is 11.6 Å². The normalized spacial score (nSPS) is 13.0. The summed E-state index contributed by atoms with van der Waals surface area (Å²) in [6, 6.07) is 5.75. The van der Waals surface area contributed by atoms with Crippen molar-refractivity contribution in [2.45, 2.75) is 6.92 Å². The fraction of sp³-hybridized carbons (Fsp3) is 0.217. The number of aryl methyl sites for hydroxylation is 1. The zero-order chi connectivity index (χ0) is 23.9. The van der Waals surface area contributed by atoms with Gasteiger partial charge in [-0.1, -0.05) is 11.6 Å². The summed E-state index contributed by atoms with van der Waals surface area (Å²) in [5.41, 5.74) is 1.08. The maximum absolute atomic E-state index is 15.3. The van der Waals surface area contributed by atoms with Gasteiger partial charge < -0.3 is 10.6 Å². The summed E-state index contributed by atoms with van der Waals surface area (Å²) in [6.07, 6.45) is 0.982. The molecular formula is C23H21ClF3N5O. The van der Waals surface area contributed by atoms with Crippen LogP contribution in [0.2, 0.25) is 5.02 Å².